The quantitative estimate of drug-likeness (QED) is 0.458. The number of pyridine rings is 2. The molecule has 0 bridgehead atoms. The first-order valence-corrected chi connectivity index (χ1v) is 10.2. The van der Waals surface area contributed by atoms with Gasteiger partial charge in [0.15, 0.2) is 5.69 Å². The lowest BCUT2D eigenvalue weighted by Gasteiger charge is -2.13. The Labute approximate surface area is 180 Å². The van der Waals surface area contributed by atoms with E-state index in [1.54, 1.807) is 25.3 Å². The van der Waals surface area contributed by atoms with E-state index < -0.39 is 17.8 Å². The van der Waals surface area contributed by atoms with Crippen LogP contribution in [-0.2, 0) is 4.74 Å². The highest BCUT2D eigenvalue weighted by Crippen LogP contribution is 2.35. The maximum atomic E-state index is 12.4. The van der Waals surface area contributed by atoms with Crippen LogP contribution in [0.4, 0.5) is 0 Å². The van der Waals surface area contributed by atoms with Gasteiger partial charge in [-0.15, -0.1) is 11.3 Å². The maximum absolute atomic E-state index is 12.4. The number of aromatic nitrogens is 2. The van der Waals surface area contributed by atoms with E-state index in [0.717, 1.165) is 10.1 Å². The minimum absolute atomic E-state index is 0.00656. The van der Waals surface area contributed by atoms with E-state index in [-0.39, 0.29) is 28.1 Å². The summed E-state index contributed by atoms with van der Waals surface area (Å²) in [5.74, 6) is -2.38. The topological polar surface area (TPSA) is 118 Å². The van der Waals surface area contributed by atoms with Gasteiger partial charge in [-0.25, -0.2) is 14.6 Å². The van der Waals surface area contributed by atoms with Crippen molar-refractivity contribution in [2.75, 3.05) is 13.7 Å². The molecule has 3 heterocycles. The SMILES string of the molecule is CCNC(=O)c1ccc(-c2cc3ncc4ccsc4c3cc2C(=O)O)c(C(=O)OC)n1. The first kappa shape index (κ1) is 20.4. The van der Waals surface area contributed by atoms with Crippen LogP contribution in [0.1, 0.15) is 38.3 Å². The lowest BCUT2D eigenvalue weighted by Crippen LogP contribution is -2.24. The molecule has 0 unspecified atom stereocenters. The highest BCUT2D eigenvalue weighted by Gasteiger charge is 2.23. The Morgan fingerprint density at radius 2 is 1.97 bits per heavy atom. The number of thiophene rings is 1. The Kier molecular flexibility index (Phi) is 5.35. The second-order valence-electron chi connectivity index (χ2n) is 6.63. The zero-order valence-electron chi connectivity index (χ0n) is 16.6. The largest absolute Gasteiger partial charge is 0.478 e. The second-order valence-corrected chi connectivity index (χ2v) is 7.54. The fraction of sp³-hybridized carbons (Fsp3) is 0.136. The van der Waals surface area contributed by atoms with Gasteiger partial charge in [-0.1, -0.05) is 0 Å². The fourth-order valence-electron chi connectivity index (χ4n) is 3.36. The average molecular weight is 435 g/mol. The molecule has 1 amide bonds. The summed E-state index contributed by atoms with van der Waals surface area (Å²) >= 11 is 1.50. The van der Waals surface area contributed by atoms with Crippen LogP contribution < -0.4 is 5.32 Å². The lowest BCUT2D eigenvalue weighted by atomic mass is 9.95. The van der Waals surface area contributed by atoms with Crippen molar-refractivity contribution < 1.29 is 24.2 Å². The molecule has 0 radical (unpaired) electrons. The molecule has 2 N–H and O–H groups in total. The molecule has 0 aliphatic rings. The number of carbonyl (C=O) groups is 3. The number of ether oxygens (including phenoxy) is 1. The molecule has 0 aliphatic heterocycles. The van der Waals surface area contributed by atoms with E-state index in [2.05, 4.69) is 15.3 Å². The van der Waals surface area contributed by atoms with E-state index in [0.29, 0.717) is 17.4 Å². The minimum Gasteiger partial charge on any atom is -0.478 e. The summed E-state index contributed by atoms with van der Waals surface area (Å²) < 4.78 is 5.76. The van der Waals surface area contributed by atoms with Gasteiger partial charge < -0.3 is 15.2 Å². The number of carbonyl (C=O) groups excluding carboxylic acids is 2. The van der Waals surface area contributed by atoms with Crippen LogP contribution in [0.15, 0.2) is 41.9 Å². The summed E-state index contributed by atoms with van der Waals surface area (Å²) in [6.45, 7) is 2.16. The number of hydrogen-bond acceptors (Lipinski definition) is 7. The first-order valence-electron chi connectivity index (χ1n) is 9.35. The normalized spacial score (nSPS) is 10.9. The van der Waals surface area contributed by atoms with Crippen molar-refractivity contribution >= 4 is 50.2 Å². The zero-order chi connectivity index (χ0) is 22.1. The number of methoxy groups -OCH3 is 1. The second kappa shape index (κ2) is 8.11. The van der Waals surface area contributed by atoms with Crippen LogP contribution >= 0.6 is 11.3 Å². The van der Waals surface area contributed by atoms with Crippen LogP contribution in [0.3, 0.4) is 0 Å². The van der Waals surface area contributed by atoms with Crippen molar-refractivity contribution in [3.05, 3.63) is 58.9 Å². The zero-order valence-corrected chi connectivity index (χ0v) is 17.4. The van der Waals surface area contributed by atoms with Crippen molar-refractivity contribution in [1.29, 1.82) is 0 Å². The van der Waals surface area contributed by atoms with Gasteiger partial charge >= 0.3 is 11.9 Å². The molecule has 1 aromatic carbocycles. The summed E-state index contributed by atoms with van der Waals surface area (Å²) in [5, 5.41) is 16.1. The van der Waals surface area contributed by atoms with Crippen LogP contribution in [0.25, 0.3) is 32.1 Å². The van der Waals surface area contributed by atoms with Gasteiger partial charge in [0.1, 0.15) is 5.69 Å². The van der Waals surface area contributed by atoms with E-state index in [4.69, 9.17) is 4.74 Å². The van der Waals surface area contributed by atoms with Gasteiger partial charge in [0.2, 0.25) is 0 Å². The number of aromatic carboxylic acids is 1. The van der Waals surface area contributed by atoms with Crippen LogP contribution in [0.2, 0.25) is 0 Å². The maximum Gasteiger partial charge on any atom is 0.357 e. The third-order valence-corrected chi connectivity index (χ3v) is 5.75. The molecule has 0 fully saturated rings. The molecule has 31 heavy (non-hydrogen) atoms. The Morgan fingerprint density at radius 1 is 1.16 bits per heavy atom. The molecule has 8 nitrogen and oxygen atoms in total. The minimum atomic E-state index is -1.16. The van der Waals surface area contributed by atoms with E-state index in [1.165, 1.54) is 30.6 Å². The summed E-state index contributed by atoms with van der Waals surface area (Å²) in [5.41, 5.74) is 0.963. The molecule has 0 saturated carbocycles. The standard InChI is InChI=1S/C22H17N3O5S/c1-3-23-20(26)16-5-4-12(18(25-16)22(29)30-2)13-9-17-15(8-14(13)21(27)28)19-11(10-24-17)6-7-31-19/h4-10H,3H2,1-2H3,(H,23,26)(H,27,28). The van der Waals surface area contributed by atoms with Crippen molar-refractivity contribution in [2.45, 2.75) is 6.92 Å². The van der Waals surface area contributed by atoms with E-state index in [9.17, 15) is 19.5 Å². The third kappa shape index (κ3) is 3.59. The smallest absolute Gasteiger partial charge is 0.357 e. The number of nitrogens with one attached hydrogen (secondary N) is 1. The molecule has 9 heteroatoms. The van der Waals surface area contributed by atoms with Gasteiger partial charge in [0.05, 0.1) is 18.2 Å². The van der Waals surface area contributed by atoms with Crippen LogP contribution in [0.5, 0.6) is 0 Å². The number of nitrogens with zero attached hydrogens (tertiary/aromatic N) is 2. The fourth-order valence-corrected chi connectivity index (χ4v) is 4.26. The van der Waals surface area contributed by atoms with E-state index in [1.807, 2.05) is 11.4 Å². The number of esters is 1. The lowest BCUT2D eigenvalue weighted by molar-refractivity contribution is 0.0593. The van der Waals surface area contributed by atoms with Crippen LogP contribution in [0, 0.1) is 0 Å². The Morgan fingerprint density at radius 3 is 2.68 bits per heavy atom. The van der Waals surface area contributed by atoms with Gasteiger partial charge in [0, 0.05) is 39.3 Å². The number of carboxylic acid groups (broad SMARTS) is 1. The molecule has 4 rings (SSSR count). The van der Waals surface area contributed by atoms with Gasteiger partial charge in [-0.3, -0.25) is 9.78 Å². The van der Waals surface area contributed by atoms with Gasteiger partial charge in [-0.05, 0) is 42.6 Å². The number of hydrogen-bond donors (Lipinski definition) is 2. The van der Waals surface area contributed by atoms with Gasteiger partial charge in [-0.2, -0.15) is 0 Å². The monoisotopic (exact) mass is 435 g/mol. The molecule has 0 saturated heterocycles. The molecule has 0 spiro atoms. The summed E-state index contributed by atoms with van der Waals surface area (Å²) in [4.78, 5) is 45.3. The number of rotatable bonds is 5. The average Bonchev–Trinajstić information content (AvgIpc) is 3.26. The predicted molar refractivity (Wildman–Crippen MR) is 117 cm³/mol. The van der Waals surface area contributed by atoms with Crippen molar-refractivity contribution in [3.63, 3.8) is 0 Å². The summed E-state index contributed by atoms with van der Waals surface area (Å²) in [6, 6.07) is 8.03. The van der Waals surface area contributed by atoms with Crippen molar-refractivity contribution in [2.24, 2.45) is 0 Å². The molecular formula is C22H17N3O5S. The molecule has 0 atom stereocenters. The number of benzene rings is 1. The van der Waals surface area contributed by atoms with Gasteiger partial charge in [0.25, 0.3) is 5.91 Å². The van der Waals surface area contributed by atoms with Crippen molar-refractivity contribution in [3.8, 4) is 11.1 Å². The number of carboxylic acids is 1. The molecule has 0 aliphatic carbocycles. The molecular weight excluding hydrogens is 418 g/mol. The Bertz CT molecular complexity index is 1360. The predicted octanol–water partition coefficient (Wildman–Crippen LogP) is 3.75. The number of fused-ring (bicyclic) bond motifs is 3. The van der Waals surface area contributed by atoms with Crippen LogP contribution in [-0.4, -0.2) is 46.6 Å². The summed E-state index contributed by atoms with van der Waals surface area (Å²) in [7, 11) is 1.19. The third-order valence-electron chi connectivity index (χ3n) is 4.78. The molecule has 156 valence electrons. The number of amides is 1. The molecule has 4 aromatic rings. The molecule has 3 aromatic heterocycles. The highest BCUT2D eigenvalue weighted by molar-refractivity contribution is 7.18. The highest BCUT2D eigenvalue weighted by atomic mass is 32.1. The van der Waals surface area contributed by atoms with Crippen molar-refractivity contribution in [1.82, 2.24) is 15.3 Å². The van der Waals surface area contributed by atoms with E-state index >= 15 is 0 Å². The first-order chi connectivity index (χ1) is 14.9. The Hall–Kier alpha value is -3.85. The summed E-state index contributed by atoms with van der Waals surface area (Å²) in [6.07, 6.45) is 1.72. The Balaban J connectivity index is 1.99.